The SMILES string of the molecule is COCCN1CCN(C(=O)c2csc(C3CCN(C(=O)Cc4ccccc4Cl)CC3)n2)CC1. The molecule has 0 spiro atoms. The predicted octanol–water partition coefficient (Wildman–Crippen LogP) is 3.15. The molecule has 2 amide bonds. The number of benzene rings is 1. The molecule has 9 heteroatoms. The summed E-state index contributed by atoms with van der Waals surface area (Å²) in [6, 6.07) is 7.50. The van der Waals surface area contributed by atoms with Crippen LogP contribution in [0.2, 0.25) is 5.02 Å². The molecule has 2 aromatic rings. The second-order valence-corrected chi connectivity index (χ2v) is 9.92. The van der Waals surface area contributed by atoms with Crippen LogP contribution < -0.4 is 0 Å². The van der Waals surface area contributed by atoms with E-state index in [1.807, 2.05) is 39.4 Å². The number of hydrogen-bond acceptors (Lipinski definition) is 6. The Bertz CT molecular complexity index is 953. The smallest absolute Gasteiger partial charge is 0.273 e. The van der Waals surface area contributed by atoms with Gasteiger partial charge in [-0.1, -0.05) is 29.8 Å². The summed E-state index contributed by atoms with van der Waals surface area (Å²) < 4.78 is 5.14. The molecule has 0 aliphatic carbocycles. The third-order valence-corrected chi connectivity index (χ3v) is 7.88. The van der Waals surface area contributed by atoms with E-state index >= 15 is 0 Å². The topological polar surface area (TPSA) is 66.0 Å². The lowest BCUT2D eigenvalue weighted by atomic mass is 9.97. The molecule has 1 aromatic heterocycles. The van der Waals surface area contributed by atoms with E-state index in [9.17, 15) is 9.59 Å². The molecule has 2 aliphatic rings. The van der Waals surface area contributed by atoms with Gasteiger partial charge in [0, 0.05) is 69.2 Å². The maximum atomic E-state index is 12.9. The van der Waals surface area contributed by atoms with Crippen molar-refractivity contribution in [3.63, 3.8) is 0 Å². The first-order valence-corrected chi connectivity index (χ1v) is 12.8. The van der Waals surface area contributed by atoms with E-state index in [0.29, 0.717) is 42.8 Å². The molecule has 178 valence electrons. The van der Waals surface area contributed by atoms with E-state index in [1.54, 1.807) is 18.4 Å². The lowest BCUT2D eigenvalue weighted by Gasteiger charge is -2.34. The summed E-state index contributed by atoms with van der Waals surface area (Å²) in [4.78, 5) is 36.5. The maximum Gasteiger partial charge on any atom is 0.273 e. The molecule has 2 fully saturated rings. The van der Waals surface area contributed by atoms with Crippen molar-refractivity contribution in [3.8, 4) is 0 Å². The zero-order valence-corrected chi connectivity index (χ0v) is 20.6. The molecule has 0 N–H and O–H groups in total. The minimum Gasteiger partial charge on any atom is -0.383 e. The van der Waals surface area contributed by atoms with Gasteiger partial charge >= 0.3 is 0 Å². The minimum absolute atomic E-state index is 0.0243. The van der Waals surface area contributed by atoms with Gasteiger partial charge in [0.2, 0.25) is 5.91 Å². The largest absolute Gasteiger partial charge is 0.383 e. The van der Waals surface area contributed by atoms with Crippen molar-refractivity contribution in [1.82, 2.24) is 19.7 Å². The van der Waals surface area contributed by atoms with Crippen molar-refractivity contribution < 1.29 is 14.3 Å². The molecule has 0 atom stereocenters. The van der Waals surface area contributed by atoms with Crippen molar-refractivity contribution in [2.75, 3.05) is 59.5 Å². The van der Waals surface area contributed by atoms with Crippen molar-refractivity contribution in [3.05, 3.63) is 50.9 Å². The van der Waals surface area contributed by atoms with Gasteiger partial charge in [-0.25, -0.2) is 4.98 Å². The highest BCUT2D eigenvalue weighted by molar-refractivity contribution is 7.09. The number of likely N-dealkylation sites (tertiary alicyclic amines) is 1. The van der Waals surface area contributed by atoms with Crippen LogP contribution >= 0.6 is 22.9 Å². The Labute approximate surface area is 204 Å². The number of nitrogens with zero attached hydrogens (tertiary/aromatic N) is 4. The summed E-state index contributed by atoms with van der Waals surface area (Å²) >= 11 is 7.77. The van der Waals surface area contributed by atoms with Crippen LogP contribution in [0, 0.1) is 0 Å². The van der Waals surface area contributed by atoms with Crippen LogP contribution in [0.3, 0.4) is 0 Å². The number of rotatable bonds is 7. The fraction of sp³-hybridized carbons (Fsp3) is 0.542. The van der Waals surface area contributed by atoms with E-state index in [0.717, 1.165) is 56.1 Å². The number of hydrogen-bond donors (Lipinski definition) is 0. The molecule has 1 aromatic carbocycles. The van der Waals surface area contributed by atoms with E-state index in [1.165, 1.54) is 0 Å². The van der Waals surface area contributed by atoms with Crippen LogP contribution in [-0.2, 0) is 16.0 Å². The van der Waals surface area contributed by atoms with Crippen molar-refractivity contribution >= 4 is 34.8 Å². The van der Waals surface area contributed by atoms with Gasteiger partial charge in [-0.05, 0) is 24.5 Å². The first-order chi connectivity index (χ1) is 16.0. The average Bonchev–Trinajstić information content (AvgIpc) is 3.34. The Morgan fingerprint density at radius 1 is 1.09 bits per heavy atom. The first kappa shape index (κ1) is 24.1. The Morgan fingerprint density at radius 2 is 1.82 bits per heavy atom. The monoisotopic (exact) mass is 490 g/mol. The summed E-state index contributed by atoms with van der Waals surface area (Å²) in [6.45, 7) is 6.22. The molecule has 0 saturated carbocycles. The van der Waals surface area contributed by atoms with E-state index < -0.39 is 0 Å². The molecule has 4 rings (SSSR count). The number of aromatic nitrogens is 1. The van der Waals surface area contributed by atoms with E-state index in [-0.39, 0.29) is 11.8 Å². The number of amides is 2. The molecule has 2 saturated heterocycles. The Kier molecular flexibility index (Phi) is 8.35. The fourth-order valence-electron chi connectivity index (χ4n) is 4.42. The van der Waals surface area contributed by atoms with E-state index in [2.05, 4.69) is 4.90 Å². The number of piperazine rings is 1. The van der Waals surface area contributed by atoms with Crippen LogP contribution in [0.4, 0.5) is 0 Å². The van der Waals surface area contributed by atoms with Gasteiger partial charge in [-0.2, -0.15) is 0 Å². The zero-order valence-electron chi connectivity index (χ0n) is 19.0. The quantitative estimate of drug-likeness (QED) is 0.596. The fourth-order valence-corrected chi connectivity index (χ4v) is 5.59. The van der Waals surface area contributed by atoms with Gasteiger partial charge in [0.25, 0.3) is 5.91 Å². The normalized spacial score (nSPS) is 18.0. The second kappa shape index (κ2) is 11.4. The highest BCUT2D eigenvalue weighted by Gasteiger charge is 2.28. The van der Waals surface area contributed by atoms with Gasteiger partial charge in [-0.15, -0.1) is 11.3 Å². The molecule has 0 unspecified atom stereocenters. The highest BCUT2D eigenvalue weighted by atomic mass is 35.5. The number of methoxy groups -OCH3 is 1. The maximum absolute atomic E-state index is 12.9. The Morgan fingerprint density at radius 3 is 2.52 bits per heavy atom. The molecule has 3 heterocycles. The summed E-state index contributed by atoms with van der Waals surface area (Å²) in [5.74, 6) is 0.434. The summed E-state index contributed by atoms with van der Waals surface area (Å²) in [5, 5.41) is 3.54. The lowest BCUT2D eigenvalue weighted by molar-refractivity contribution is -0.131. The highest BCUT2D eigenvalue weighted by Crippen LogP contribution is 2.31. The lowest BCUT2D eigenvalue weighted by Crippen LogP contribution is -2.49. The van der Waals surface area contributed by atoms with Gasteiger partial charge in [0.15, 0.2) is 0 Å². The summed E-state index contributed by atoms with van der Waals surface area (Å²) in [5.41, 5.74) is 1.42. The first-order valence-electron chi connectivity index (χ1n) is 11.5. The number of thiazole rings is 1. The number of ether oxygens (including phenoxy) is 1. The third-order valence-electron chi connectivity index (χ3n) is 6.51. The molecule has 33 heavy (non-hydrogen) atoms. The number of halogens is 1. The molecule has 0 radical (unpaired) electrons. The van der Waals surface area contributed by atoms with Crippen LogP contribution in [0.1, 0.15) is 39.8 Å². The number of piperidine rings is 1. The zero-order chi connectivity index (χ0) is 23.2. The molecule has 7 nitrogen and oxygen atoms in total. The predicted molar refractivity (Wildman–Crippen MR) is 130 cm³/mol. The average molecular weight is 491 g/mol. The van der Waals surface area contributed by atoms with Crippen LogP contribution in [0.5, 0.6) is 0 Å². The molecular weight excluding hydrogens is 460 g/mol. The van der Waals surface area contributed by atoms with Crippen molar-refractivity contribution in [1.29, 1.82) is 0 Å². The second-order valence-electron chi connectivity index (χ2n) is 8.62. The van der Waals surface area contributed by atoms with Crippen molar-refractivity contribution in [2.45, 2.75) is 25.2 Å². The van der Waals surface area contributed by atoms with Crippen LogP contribution in [0.25, 0.3) is 0 Å². The molecule has 0 bridgehead atoms. The number of carbonyl (C=O) groups is 2. The summed E-state index contributed by atoms with van der Waals surface area (Å²) in [7, 11) is 1.71. The summed E-state index contributed by atoms with van der Waals surface area (Å²) in [6.07, 6.45) is 2.07. The standard InChI is InChI=1S/C24H31ClN4O3S/c1-32-15-14-27-10-12-29(13-11-27)24(31)21-17-33-23(26-21)18-6-8-28(9-7-18)22(30)16-19-4-2-3-5-20(19)25/h2-5,17-18H,6-16H2,1H3. The molecule has 2 aliphatic heterocycles. The number of carbonyl (C=O) groups excluding carboxylic acids is 2. The van der Waals surface area contributed by atoms with Gasteiger partial charge in [0.05, 0.1) is 18.0 Å². The van der Waals surface area contributed by atoms with E-state index in [4.69, 9.17) is 21.3 Å². The van der Waals surface area contributed by atoms with Crippen molar-refractivity contribution in [2.24, 2.45) is 0 Å². The third kappa shape index (κ3) is 6.12. The Hall–Kier alpha value is -2.00. The minimum atomic E-state index is 0.0243. The molecular formula is C24H31ClN4O3S. The Balaban J connectivity index is 1.26. The van der Waals surface area contributed by atoms with Gasteiger partial charge < -0.3 is 14.5 Å². The van der Waals surface area contributed by atoms with Gasteiger partial charge in [-0.3, -0.25) is 14.5 Å². The van der Waals surface area contributed by atoms with Crippen LogP contribution in [-0.4, -0.2) is 91.0 Å². The van der Waals surface area contributed by atoms with Gasteiger partial charge in [0.1, 0.15) is 5.69 Å². The van der Waals surface area contributed by atoms with Crippen LogP contribution in [0.15, 0.2) is 29.6 Å².